The van der Waals surface area contributed by atoms with Crippen molar-refractivity contribution in [3.05, 3.63) is 23.7 Å². The molecule has 0 amide bonds. The lowest BCUT2D eigenvalue weighted by molar-refractivity contribution is -0.148. The summed E-state index contributed by atoms with van der Waals surface area (Å²) < 4.78 is 10.7. The maximum Gasteiger partial charge on any atom is 0.316 e. The summed E-state index contributed by atoms with van der Waals surface area (Å²) in [7, 11) is 0. The zero-order valence-electron chi connectivity index (χ0n) is 13.2. The van der Waals surface area contributed by atoms with E-state index in [1.54, 1.807) is 47.6 Å². The Morgan fingerprint density at radius 3 is 1.95 bits per heavy atom. The molecule has 0 spiro atoms. The van der Waals surface area contributed by atoms with Crippen LogP contribution in [0.5, 0.6) is 0 Å². The molecule has 20 heavy (non-hydrogen) atoms. The van der Waals surface area contributed by atoms with Gasteiger partial charge in [-0.25, -0.2) is 0 Å². The highest BCUT2D eigenvalue weighted by atomic mass is 16.5. The molecular weight excluding hydrogens is 256 g/mol. The second-order valence-corrected chi connectivity index (χ2v) is 7.03. The van der Waals surface area contributed by atoms with E-state index in [4.69, 9.17) is 9.47 Å². The van der Waals surface area contributed by atoms with Gasteiger partial charge in [0.1, 0.15) is 11.5 Å². The first-order valence-electron chi connectivity index (χ1n) is 6.85. The van der Waals surface area contributed by atoms with Gasteiger partial charge in [0, 0.05) is 12.5 Å². The molecular formula is C16H24O4. The second-order valence-electron chi connectivity index (χ2n) is 7.03. The van der Waals surface area contributed by atoms with Crippen molar-refractivity contribution in [2.75, 3.05) is 0 Å². The fraction of sp³-hybridized carbons (Fsp3) is 0.625. The first-order chi connectivity index (χ1) is 9.00. The van der Waals surface area contributed by atoms with Gasteiger partial charge >= 0.3 is 11.9 Å². The molecule has 0 heterocycles. The molecule has 0 aromatic heterocycles. The highest BCUT2D eigenvalue weighted by molar-refractivity contribution is 5.77. The summed E-state index contributed by atoms with van der Waals surface area (Å²) in [4.78, 5) is 23.7. The van der Waals surface area contributed by atoms with E-state index in [1.807, 2.05) is 6.08 Å². The Hall–Kier alpha value is -1.58. The molecule has 1 aliphatic carbocycles. The van der Waals surface area contributed by atoms with Gasteiger partial charge in [-0.15, -0.1) is 0 Å². The molecule has 0 bridgehead atoms. The molecule has 0 saturated heterocycles. The molecule has 0 saturated carbocycles. The van der Waals surface area contributed by atoms with Crippen LogP contribution in [0.25, 0.3) is 0 Å². The summed E-state index contributed by atoms with van der Waals surface area (Å²) in [5.74, 6) is 0.410. The third-order valence-corrected chi connectivity index (χ3v) is 2.70. The molecule has 0 aromatic rings. The number of esters is 2. The predicted octanol–water partition coefficient (Wildman–Crippen LogP) is 3.73. The van der Waals surface area contributed by atoms with Gasteiger partial charge in [0.15, 0.2) is 0 Å². The molecule has 1 rings (SSSR count). The van der Waals surface area contributed by atoms with Crippen LogP contribution in [-0.4, -0.2) is 11.9 Å². The Morgan fingerprint density at radius 1 is 0.950 bits per heavy atom. The zero-order valence-corrected chi connectivity index (χ0v) is 13.2. The molecule has 0 aliphatic heterocycles. The van der Waals surface area contributed by atoms with E-state index in [1.165, 1.54) is 0 Å². The molecule has 0 N–H and O–H groups in total. The van der Waals surface area contributed by atoms with Gasteiger partial charge in [0.2, 0.25) is 0 Å². The third kappa shape index (κ3) is 4.83. The van der Waals surface area contributed by atoms with Gasteiger partial charge in [-0.2, -0.15) is 0 Å². The van der Waals surface area contributed by atoms with Gasteiger partial charge in [-0.1, -0.05) is 0 Å². The zero-order chi connectivity index (χ0) is 15.6. The Balaban J connectivity index is 2.71. The van der Waals surface area contributed by atoms with Crippen molar-refractivity contribution in [2.24, 2.45) is 10.8 Å². The summed E-state index contributed by atoms with van der Waals surface area (Å²) in [6, 6.07) is 0. The largest absolute Gasteiger partial charge is 0.431 e. The van der Waals surface area contributed by atoms with Gasteiger partial charge < -0.3 is 9.47 Å². The summed E-state index contributed by atoms with van der Waals surface area (Å²) >= 11 is 0. The predicted molar refractivity (Wildman–Crippen MR) is 76.5 cm³/mol. The standard InChI is InChI=1S/C16H24O4/c1-15(2,3)13(17)19-11-8-7-9-12(10-11)20-14(18)16(4,5)6/h8,10H,7,9H2,1-6H3. The van der Waals surface area contributed by atoms with Crippen LogP contribution in [0.1, 0.15) is 54.4 Å². The Bertz CT molecular complexity index is 456. The van der Waals surface area contributed by atoms with Crippen molar-refractivity contribution in [2.45, 2.75) is 54.4 Å². The van der Waals surface area contributed by atoms with Crippen LogP contribution in [0.3, 0.4) is 0 Å². The Kier molecular flexibility index (Phi) is 4.79. The van der Waals surface area contributed by atoms with Crippen molar-refractivity contribution in [1.29, 1.82) is 0 Å². The van der Waals surface area contributed by atoms with E-state index in [2.05, 4.69) is 0 Å². The number of carbonyl (C=O) groups is 2. The van der Waals surface area contributed by atoms with Crippen molar-refractivity contribution < 1.29 is 19.1 Å². The van der Waals surface area contributed by atoms with Crippen molar-refractivity contribution in [1.82, 2.24) is 0 Å². The van der Waals surface area contributed by atoms with E-state index < -0.39 is 10.8 Å². The number of hydrogen-bond acceptors (Lipinski definition) is 4. The lowest BCUT2D eigenvalue weighted by Gasteiger charge is -2.21. The first-order valence-corrected chi connectivity index (χ1v) is 6.85. The third-order valence-electron chi connectivity index (χ3n) is 2.70. The lowest BCUT2D eigenvalue weighted by atomic mass is 9.97. The topological polar surface area (TPSA) is 52.6 Å². The molecule has 4 nitrogen and oxygen atoms in total. The maximum absolute atomic E-state index is 11.8. The fourth-order valence-corrected chi connectivity index (χ4v) is 1.33. The van der Waals surface area contributed by atoms with Crippen LogP contribution in [0.15, 0.2) is 23.7 Å². The van der Waals surface area contributed by atoms with Gasteiger partial charge in [0.25, 0.3) is 0 Å². The van der Waals surface area contributed by atoms with Crippen molar-refractivity contribution >= 4 is 11.9 Å². The number of hydrogen-bond donors (Lipinski definition) is 0. The number of carbonyl (C=O) groups excluding carboxylic acids is 2. The van der Waals surface area contributed by atoms with E-state index in [0.29, 0.717) is 24.4 Å². The molecule has 0 unspecified atom stereocenters. The monoisotopic (exact) mass is 280 g/mol. The normalized spacial score (nSPS) is 16.1. The SMILES string of the molecule is CC(C)(C)C(=O)OC1=CCCC(OC(=O)C(C)(C)C)=C1. The molecule has 0 radical (unpaired) electrons. The highest BCUT2D eigenvalue weighted by Crippen LogP contribution is 2.25. The molecule has 4 heteroatoms. The lowest BCUT2D eigenvalue weighted by Crippen LogP contribution is -2.24. The average Bonchev–Trinajstić information content (AvgIpc) is 2.26. The first kappa shape index (κ1) is 16.5. The smallest absolute Gasteiger partial charge is 0.316 e. The maximum atomic E-state index is 11.8. The van der Waals surface area contributed by atoms with Crippen LogP contribution in [0.4, 0.5) is 0 Å². The summed E-state index contributed by atoms with van der Waals surface area (Å²) in [6.07, 6.45) is 4.78. The molecule has 0 fully saturated rings. The van der Waals surface area contributed by atoms with E-state index in [-0.39, 0.29) is 11.9 Å². The molecule has 1 aliphatic rings. The minimum Gasteiger partial charge on any atom is -0.431 e. The van der Waals surface area contributed by atoms with Crippen LogP contribution in [0.2, 0.25) is 0 Å². The van der Waals surface area contributed by atoms with Crippen molar-refractivity contribution in [3.63, 3.8) is 0 Å². The number of allylic oxidation sites excluding steroid dienone is 3. The molecule has 0 aromatic carbocycles. The van der Waals surface area contributed by atoms with Crippen LogP contribution in [-0.2, 0) is 19.1 Å². The van der Waals surface area contributed by atoms with Crippen LogP contribution < -0.4 is 0 Å². The van der Waals surface area contributed by atoms with E-state index >= 15 is 0 Å². The summed E-state index contributed by atoms with van der Waals surface area (Å²) in [5.41, 5.74) is -1.11. The minimum atomic E-state index is -0.561. The summed E-state index contributed by atoms with van der Waals surface area (Å²) in [6.45, 7) is 10.8. The molecule has 0 atom stereocenters. The van der Waals surface area contributed by atoms with Crippen LogP contribution >= 0.6 is 0 Å². The van der Waals surface area contributed by atoms with Gasteiger partial charge in [0.05, 0.1) is 10.8 Å². The fourth-order valence-electron chi connectivity index (χ4n) is 1.33. The quantitative estimate of drug-likeness (QED) is 0.723. The minimum absolute atomic E-state index is 0.285. The van der Waals surface area contributed by atoms with Crippen LogP contribution in [0, 0.1) is 10.8 Å². The number of ether oxygens (including phenoxy) is 2. The Labute approximate surface area is 120 Å². The van der Waals surface area contributed by atoms with E-state index in [9.17, 15) is 9.59 Å². The average molecular weight is 280 g/mol. The second kappa shape index (κ2) is 5.81. The molecule has 112 valence electrons. The van der Waals surface area contributed by atoms with Gasteiger partial charge in [-0.05, 0) is 54.0 Å². The van der Waals surface area contributed by atoms with Crippen molar-refractivity contribution in [3.8, 4) is 0 Å². The number of rotatable bonds is 2. The highest BCUT2D eigenvalue weighted by Gasteiger charge is 2.27. The van der Waals surface area contributed by atoms with E-state index in [0.717, 1.165) is 0 Å². The summed E-state index contributed by atoms with van der Waals surface area (Å²) in [5, 5.41) is 0. The Morgan fingerprint density at radius 2 is 1.45 bits per heavy atom. The van der Waals surface area contributed by atoms with Gasteiger partial charge in [-0.3, -0.25) is 9.59 Å².